The van der Waals surface area contributed by atoms with Gasteiger partial charge in [0.1, 0.15) is 0 Å². The van der Waals surface area contributed by atoms with Crippen molar-refractivity contribution in [3.05, 3.63) is 0 Å². The van der Waals surface area contributed by atoms with E-state index in [9.17, 15) is 4.79 Å². The third-order valence-electron chi connectivity index (χ3n) is 3.40. The Balaban J connectivity index is 1.54. The van der Waals surface area contributed by atoms with Gasteiger partial charge in [0.05, 0.1) is 6.04 Å². The molecule has 2 aliphatic rings. The quantitative estimate of drug-likeness (QED) is 0.656. The minimum atomic E-state index is -0.0618. The molecule has 92 valence electrons. The van der Waals surface area contributed by atoms with Gasteiger partial charge in [0.15, 0.2) is 0 Å². The molecule has 4 heteroatoms. The lowest BCUT2D eigenvalue weighted by Crippen LogP contribution is -2.45. The summed E-state index contributed by atoms with van der Waals surface area (Å²) in [5.41, 5.74) is 0. The molecular weight excluding hydrogens is 202 g/mol. The van der Waals surface area contributed by atoms with Crippen LogP contribution in [0, 0.1) is 0 Å². The molecule has 0 aromatic heterocycles. The Hall–Kier alpha value is -0.610. The summed E-state index contributed by atoms with van der Waals surface area (Å²) < 4.78 is 0. The summed E-state index contributed by atoms with van der Waals surface area (Å²) >= 11 is 0. The third kappa shape index (κ3) is 3.76. The Morgan fingerprint density at radius 3 is 2.62 bits per heavy atom. The predicted octanol–water partition coefficient (Wildman–Crippen LogP) is 0.337. The van der Waals surface area contributed by atoms with E-state index in [1.54, 1.807) is 0 Å². The van der Waals surface area contributed by atoms with Crippen molar-refractivity contribution in [2.75, 3.05) is 20.1 Å². The van der Waals surface area contributed by atoms with E-state index >= 15 is 0 Å². The number of amides is 1. The normalized spacial score (nSPS) is 22.2. The third-order valence-corrected chi connectivity index (χ3v) is 3.40. The average Bonchev–Trinajstić information content (AvgIpc) is 3.10. The van der Waals surface area contributed by atoms with Gasteiger partial charge in [-0.2, -0.15) is 0 Å². The van der Waals surface area contributed by atoms with Crippen molar-refractivity contribution in [3.8, 4) is 0 Å². The first-order valence-electron chi connectivity index (χ1n) is 6.41. The van der Waals surface area contributed by atoms with Gasteiger partial charge in [-0.25, -0.2) is 0 Å². The Labute approximate surface area is 97.8 Å². The summed E-state index contributed by atoms with van der Waals surface area (Å²) in [5, 5.41) is 6.29. The lowest BCUT2D eigenvalue weighted by molar-refractivity contribution is -0.122. The van der Waals surface area contributed by atoms with Crippen LogP contribution in [0.4, 0.5) is 0 Å². The minimum Gasteiger partial charge on any atom is -0.352 e. The zero-order valence-corrected chi connectivity index (χ0v) is 10.3. The lowest BCUT2D eigenvalue weighted by Gasteiger charge is -2.18. The fourth-order valence-corrected chi connectivity index (χ4v) is 1.80. The van der Waals surface area contributed by atoms with Crippen LogP contribution in [0.3, 0.4) is 0 Å². The maximum absolute atomic E-state index is 11.6. The average molecular weight is 225 g/mol. The second-order valence-electron chi connectivity index (χ2n) is 5.17. The van der Waals surface area contributed by atoms with E-state index in [1.165, 1.54) is 12.8 Å². The highest BCUT2D eigenvalue weighted by molar-refractivity contribution is 5.81. The number of rotatable bonds is 7. The largest absolute Gasteiger partial charge is 0.352 e. The van der Waals surface area contributed by atoms with Crippen LogP contribution in [0.2, 0.25) is 0 Å². The van der Waals surface area contributed by atoms with E-state index in [1.807, 2.05) is 6.92 Å². The molecule has 2 rings (SSSR count). The van der Waals surface area contributed by atoms with Crippen molar-refractivity contribution in [1.82, 2.24) is 15.5 Å². The second-order valence-corrected chi connectivity index (χ2v) is 5.17. The van der Waals surface area contributed by atoms with Gasteiger partial charge >= 0.3 is 0 Å². The maximum atomic E-state index is 11.6. The molecule has 1 atom stereocenters. The predicted molar refractivity (Wildman–Crippen MR) is 64.3 cm³/mol. The summed E-state index contributed by atoms with van der Waals surface area (Å²) in [6.07, 6.45) is 4.99. The summed E-state index contributed by atoms with van der Waals surface area (Å²) in [6, 6.07) is 1.21. The molecule has 0 spiro atoms. The van der Waals surface area contributed by atoms with Crippen LogP contribution < -0.4 is 10.6 Å². The standard InChI is InChI=1S/C12H23N3O/c1-9(12(16)14-10-3-4-10)13-7-8-15(2)11-5-6-11/h9-11,13H,3-8H2,1-2H3,(H,14,16). The molecule has 0 heterocycles. The molecular formula is C12H23N3O. The Morgan fingerprint density at radius 1 is 1.38 bits per heavy atom. The molecule has 0 saturated heterocycles. The van der Waals surface area contributed by atoms with Crippen LogP contribution >= 0.6 is 0 Å². The molecule has 0 aromatic rings. The highest BCUT2D eigenvalue weighted by Crippen LogP contribution is 2.24. The molecule has 1 amide bonds. The van der Waals surface area contributed by atoms with Crippen LogP contribution in [0.5, 0.6) is 0 Å². The van der Waals surface area contributed by atoms with Crippen molar-refractivity contribution >= 4 is 5.91 Å². The van der Waals surface area contributed by atoms with Gasteiger partial charge in [-0.3, -0.25) is 4.79 Å². The molecule has 2 fully saturated rings. The summed E-state index contributed by atoms with van der Waals surface area (Å²) in [5.74, 6) is 0.150. The summed E-state index contributed by atoms with van der Waals surface area (Å²) in [4.78, 5) is 14.0. The number of nitrogens with one attached hydrogen (secondary N) is 2. The van der Waals surface area contributed by atoms with E-state index in [-0.39, 0.29) is 11.9 Å². The van der Waals surface area contributed by atoms with E-state index < -0.39 is 0 Å². The SMILES string of the molecule is CC(NCCN(C)C1CC1)C(=O)NC1CC1. The summed E-state index contributed by atoms with van der Waals surface area (Å²) in [7, 11) is 2.16. The van der Waals surface area contributed by atoms with Crippen LogP contribution in [-0.4, -0.2) is 49.1 Å². The van der Waals surface area contributed by atoms with Gasteiger partial charge in [-0.1, -0.05) is 0 Å². The van der Waals surface area contributed by atoms with Crippen molar-refractivity contribution in [3.63, 3.8) is 0 Å². The molecule has 0 bridgehead atoms. The van der Waals surface area contributed by atoms with Crippen LogP contribution in [-0.2, 0) is 4.79 Å². The molecule has 2 aliphatic carbocycles. The Kier molecular flexibility index (Phi) is 3.82. The van der Waals surface area contributed by atoms with Gasteiger partial charge in [-0.15, -0.1) is 0 Å². The second kappa shape index (κ2) is 5.15. The highest BCUT2D eigenvalue weighted by Gasteiger charge is 2.27. The van der Waals surface area contributed by atoms with Gasteiger partial charge in [0, 0.05) is 25.2 Å². The minimum absolute atomic E-state index is 0.0618. The first kappa shape index (κ1) is 11.9. The Bertz CT molecular complexity index is 249. The molecule has 4 nitrogen and oxygen atoms in total. The van der Waals surface area contributed by atoms with E-state index in [2.05, 4.69) is 22.6 Å². The molecule has 0 radical (unpaired) electrons. The molecule has 1 unspecified atom stereocenters. The van der Waals surface area contributed by atoms with Gasteiger partial charge < -0.3 is 15.5 Å². The number of likely N-dealkylation sites (N-methyl/N-ethyl adjacent to an activating group) is 1. The smallest absolute Gasteiger partial charge is 0.237 e. The van der Waals surface area contributed by atoms with Crippen molar-refractivity contribution < 1.29 is 4.79 Å². The monoisotopic (exact) mass is 225 g/mol. The van der Waals surface area contributed by atoms with Crippen molar-refractivity contribution in [1.29, 1.82) is 0 Å². The van der Waals surface area contributed by atoms with Crippen LogP contribution in [0.1, 0.15) is 32.6 Å². The highest BCUT2D eigenvalue weighted by atomic mass is 16.2. The number of carbonyl (C=O) groups excluding carboxylic acids is 1. The van der Waals surface area contributed by atoms with Gasteiger partial charge in [0.25, 0.3) is 0 Å². The lowest BCUT2D eigenvalue weighted by atomic mass is 10.3. The molecule has 2 N–H and O–H groups in total. The first-order valence-corrected chi connectivity index (χ1v) is 6.41. The first-order chi connectivity index (χ1) is 7.66. The van der Waals surface area contributed by atoms with E-state index in [0.29, 0.717) is 6.04 Å². The fraction of sp³-hybridized carbons (Fsp3) is 0.917. The molecule has 0 aliphatic heterocycles. The number of carbonyl (C=O) groups is 1. The van der Waals surface area contributed by atoms with Crippen LogP contribution in [0.15, 0.2) is 0 Å². The number of hydrogen-bond donors (Lipinski definition) is 2. The summed E-state index contributed by atoms with van der Waals surface area (Å²) in [6.45, 7) is 3.87. The number of nitrogens with zero attached hydrogens (tertiary/aromatic N) is 1. The van der Waals surface area contributed by atoms with E-state index in [4.69, 9.17) is 0 Å². The fourth-order valence-electron chi connectivity index (χ4n) is 1.80. The van der Waals surface area contributed by atoms with E-state index in [0.717, 1.165) is 32.0 Å². The molecule has 16 heavy (non-hydrogen) atoms. The topological polar surface area (TPSA) is 44.4 Å². The van der Waals surface area contributed by atoms with Gasteiger partial charge in [-0.05, 0) is 39.7 Å². The molecule has 0 aromatic carbocycles. The number of hydrogen-bond acceptors (Lipinski definition) is 3. The van der Waals surface area contributed by atoms with Crippen molar-refractivity contribution in [2.45, 2.75) is 50.7 Å². The molecule has 2 saturated carbocycles. The van der Waals surface area contributed by atoms with Crippen LogP contribution in [0.25, 0.3) is 0 Å². The van der Waals surface area contributed by atoms with Crippen molar-refractivity contribution in [2.24, 2.45) is 0 Å². The van der Waals surface area contributed by atoms with Gasteiger partial charge in [0.2, 0.25) is 5.91 Å². The zero-order chi connectivity index (χ0) is 11.5. The Morgan fingerprint density at radius 2 is 2.06 bits per heavy atom. The maximum Gasteiger partial charge on any atom is 0.237 e. The zero-order valence-electron chi connectivity index (χ0n) is 10.3.